The summed E-state index contributed by atoms with van der Waals surface area (Å²) in [5.41, 5.74) is -8.99. The maximum atomic E-state index is 13.3. The van der Waals surface area contributed by atoms with E-state index in [-0.39, 0.29) is 0 Å². The first-order valence-corrected chi connectivity index (χ1v) is 6.85. The third-order valence-electron chi connectivity index (χ3n) is 3.82. The van der Waals surface area contributed by atoms with Crippen molar-refractivity contribution in [1.82, 2.24) is 0 Å². The van der Waals surface area contributed by atoms with Crippen molar-refractivity contribution < 1.29 is 101 Å². The van der Waals surface area contributed by atoms with Gasteiger partial charge in [-0.25, -0.2) is 4.39 Å². The first-order valence-electron chi connectivity index (χ1n) is 6.85. The van der Waals surface area contributed by atoms with E-state index in [1.54, 1.807) is 0 Å². The highest BCUT2D eigenvalue weighted by molar-refractivity contribution is 5.20. The maximum absolute atomic E-state index is 13.3. The van der Waals surface area contributed by atoms with Crippen molar-refractivity contribution in [3.63, 3.8) is 0 Å². The summed E-state index contributed by atoms with van der Waals surface area (Å²) in [5, 5.41) is 0. The molecule has 0 aromatic rings. The summed E-state index contributed by atoms with van der Waals surface area (Å²) in [6, 6.07) is 0. The quantitative estimate of drug-likeness (QED) is 0.263. The third-order valence-corrected chi connectivity index (χ3v) is 3.82. The fraction of sp³-hybridized carbons (Fsp3) is 0.909. The van der Waals surface area contributed by atoms with E-state index in [0.717, 1.165) is 0 Å². The smallest absolute Gasteiger partial charge is 0.216 e. The van der Waals surface area contributed by atoms with Gasteiger partial charge in [-0.2, -0.15) is 96.6 Å². The Kier molecular flexibility index (Phi) is 7.33. The van der Waals surface area contributed by atoms with Gasteiger partial charge in [0.05, 0.1) is 0 Å². The number of halogens is 23. The average Bonchev–Trinajstić information content (AvgIpc) is 2.57. The van der Waals surface area contributed by atoms with Gasteiger partial charge in [-0.15, -0.1) is 0 Å². The van der Waals surface area contributed by atoms with Crippen LogP contribution in [0, 0.1) is 6.43 Å². The van der Waals surface area contributed by atoms with Crippen LogP contribution >= 0.6 is 0 Å². The molecule has 0 saturated carbocycles. The van der Waals surface area contributed by atoms with E-state index in [0.29, 0.717) is 0 Å². The average molecular weight is 569 g/mol. The van der Waals surface area contributed by atoms with Gasteiger partial charge in [0, 0.05) is 0 Å². The minimum Gasteiger partial charge on any atom is -0.216 e. The second-order valence-electron chi connectivity index (χ2n) is 5.94. The summed E-state index contributed by atoms with van der Waals surface area (Å²) in [6.07, 6.45) is -22.3. The molecule has 1 radical (unpaired) electrons. The summed E-state index contributed by atoms with van der Waals surface area (Å²) < 4.78 is 293. The molecule has 23 heteroatoms. The number of hydrogen-bond acceptors (Lipinski definition) is 0. The Morgan fingerprint density at radius 2 is 0.500 bits per heavy atom. The highest BCUT2D eigenvalue weighted by atomic mass is 19.4. The molecule has 0 rings (SSSR count). The molecule has 34 heavy (non-hydrogen) atoms. The minimum atomic E-state index is -9.42. The lowest BCUT2D eigenvalue weighted by Gasteiger charge is -2.45. The van der Waals surface area contributed by atoms with E-state index < -0.39 is 65.9 Å². The minimum absolute atomic E-state index is 5.31. The number of rotatable bonds is 8. The highest BCUT2D eigenvalue weighted by Gasteiger charge is 2.99. The molecule has 0 aliphatic rings. The lowest BCUT2D eigenvalue weighted by atomic mass is 9.83. The Morgan fingerprint density at radius 1 is 0.294 bits per heavy atom. The molecule has 0 heterocycles. The van der Waals surface area contributed by atoms with Gasteiger partial charge in [0.25, 0.3) is 0 Å². The van der Waals surface area contributed by atoms with Crippen molar-refractivity contribution in [2.45, 2.75) is 59.5 Å². The standard InChI is InChI=1S/C11F23/c12-1(13)2(14,15)4(17,18)6(21,22)8(25,26)9(27,28)7(23,24)5(19,20)3(16,10(29,30)31)11(32,33)34. The van der Waals surface area contributed by atoms with E-state index in [1.807, 2.05) is 0 Å². The van der Waals surface area contributed by atoms with Crippen LogP contribution in [0.15, 0.2) is 0 Å². The van der Waals surface area contributed by atoms with Crippen LogP contribution in [0.5, 0.6) is 0 Å². The largest absolute Gasteiger partial charge is 0.438 e. The molecule has 0 aromatic heterocycles. The van der Waals surface area contributed by atoms with Crippen molar-refractivity contribution in [2.75, 3.05) is 0 Å². The topological polar surface area (TPSA) is 0 Å². The highest BCUT2D eigenvalue weighted by Crippen LogP contribution is 2.67. The normalized spacial score (nSPS) is 16.9. The van der Waals surface area contributed by atoms with Crippen LogP contribution in [0.4, 0.5) is 101 Å². The van der Waals surface area contributed by atoms with E-state index in [1.165, 1.54) is 0 Å². The predicted molar refractivity (Wildman–Crippen MR) is 56.0 cm³/mol. The molecule has 0 amide bonds. The van der Waals surface area contributed by atoms with Crippen LogP contribution in [-0.2, 0) is 0 Å². The zero-order valence-electron chi connectivity index (χ0n) is 14.2. The summed E-state index contributed by atoms with van der Waals surface area (Å²) in [6.45, 7) is 0. The molecule has 0 bridgehead atoms. The van der Waals surface area contributed by atoms with Crippen molar-refractivity contribution in [3.05, 3.63) is 6.43 Å². The van der Waals surface area contributed by atoms with Gasteiger partial charge >= 0.3 is 65.9 Å². The molecular formula is C11F23. The SMILES string of the molecule is F[C](F)C(F)(F)C(F)(F)C(F)(F)C(F)(F)C(F)(F)C(F)(F)C(F)(F)C(F)(C(F)(F)F)C(F)(F)F. The molecule has 0 spiro atoms. The van der Waals surface area contributed by atoms with E-state index in [2.05, 4.69) is 0 Å². The van der Waals surface area contributed by atoms with Gasteiger partial charge < -0.3 is 0 Å². The van der Waals surface area contributed by atoms with Crippen LogP contribution < -0.4 is 0 Å². The Hall–Kier alpha value is -1.61. The first kappa shape index (κ1) is 32.4. The van der Waals surface area contributed by atoms with Gasteiger partial charge in [0.1, 0.15) is 0 Å². The molecule has 0 aliphatic heterocycles. The van der Waals surface area contributed by atoms with E-state index in [4.69, 9.17) is 0 Å². The maximum Gasteiger partial charge on any atom is 0.438 e. The molecule has 0 atom stereocenters. The van der Waals surface area contributed by atoms with E-state index in [9.17, 15) is 101 Å². The zero-order valence-corrected chi connectivity index (χ0v) is 14.2. The molecule has 0 saturated heterocycles. The molecule has 0 fully saturated rings. The van der Waals surface area contributed by atoms with Gasteiger partial charge in [0.2, 0.25) is 0 Å². The van der Waals surface area contributed by atoms with Crippen molar-refractivity contribution in [2.24, 2.45) is 0 Å². The monoisotopic (exact) mass is 569 g/mol. The zero-order chi connectivity index (χ0) is 28.6. The molecule has 0 aliphatic carbocycles. The van der Waals surface area contributed by atoms with Gasteiger partial charge in [-0.1, -0.05) is 0 Å². The van der Waals surface area contributed by atoms with E-state index >= 15 is 0 Å². The van der Waals surface area contributed by atoms with Crippen molar-refractivity contribution in [3.8, 4) is 0 Å². The third kappa shape index (κ3) is 3.60. The molecule has 0 nitrogen and oxygen atoms in total. The summed E-state index contributed by atoms with van der Waals surface area (Å²) in [7, 11) is 0. The predicted octanol–water partition coefficient (Wildman–Crippen LogP) is 7.69. The molecule has 0 N–H and O–H groups in total. The lowest BCUT2D eigenvalue weighted by molar-refractivity contribution is -0.477. The van der Waals surface area contributed by atoms with Crippen LogP contribution in [0.1, 0.15) is 0 Å². The second kappa shape index (κ2) is 7.69. The first-order chi connectivity index (χ1) is 14.2. The Bertz CT molecular complexity index is 719. The molecular weight excluding hydrogens is 569 g/mol. The fourth-order valence-corrected chi connectivity index (χ4v) is 1.84. The molecule has 0 aromatic carbocycles. The lowest BCUT2D eigenvalue weighted by Crippen LogP contribution is -2.78. The van der Waals surface area contributed by atoms with Crippen molar-refractivity contribution >= 4 is 0 Å². The second-order valence-corrected chi connectivity index (χ2v) is 5.94. The Labute approximate surface area is 168 Å². The molecule has 0 unspecified atom stereocenters. The van der Waals surface area contributed by atoms with Gasteiger partial charge in [0.15, 0.2) is 0 Å². The summed E-state index contributed by atoms with van der Waals surface area (Å²) in [4.78, 5) is 0. The summed E-state index contributed by atoms with van der Waals surface area (Å²) >= 11 is 0. The van der Waals surface area contributed by atoms with Crippen molar-refractivity contribution in [1.29, 1.82) is 0 Å². The van der Waals surface area contributed by atoms with Gasteiger partial charge in [-0.05, 0) is 0 Å². The Morgan fingerprint density at radius 3 is 0.706 bits per heavy atom. The summed E-state index contributed by atoms with van der Waals surface area (Å²) in [5.74, 6) is -63.1. The van der Waals surface area contributed by atoms with Crippen LogP contribution in [0.25, 0.3) is 0 Å². The molecule has 205 valence electrons. The van der Waals surface area contributed by atoms with Crippen LogP contribution in [-0.4, -0.2) is 59.5 Å². The number of alkyl halides is 21. The fourth-order valence-electron chi connectivity index (χ4n) is 1.84. The number of hydrogen-bond donors (Lipinski definition) is 0. The van der Waals surface area contributed by atoms with Crippen LogP contribution in [0.2, 0.25) is 0 Å². The van der Waals surface area contributed by atoms with Crippen LogP contribution in [0.3, 0.4) is 0 Å². The Balaban J connectivity index is 7.26. The van der Waals surface area contributed by atoms with Gasteiger partial charge in [-0.3, -0.25) is 0 Å².